The molecular weight excluding hydrogens is 264 g/mol. The minimum Gasteiger partial charge on any atom is -0.481 e. The van der Waals surface area contributed by atoms with Gasteiger partial charge in [-0.15, -0.1) is 0 Å². The van der Waals surface area contributed by atoms with E-state index in [0.29, 0.717) is 32.2 Å². The molecule has 2 aliphatic rings. The number of aliphatic carboxylic acids is 1. The van der Waals surface area contributed by atoms with Gasteiger partial charge in [0, 0.05) is 26.7 Å². The molecule has 1 heterocycles. The number of aliphatic hydroxyl groups excluding tert-OH is 1. The van der Waals surface area contributed by atoms with Gasteiger partial charge in [-0.05, 0) is 18.8 Å². The summed E-state index contributed by atoms with van der Waals surface area (Å²) in [7, 11) is 1.74. The van der Waals surface area contributed by atoms with Crippen LogP contribution < -0.4 is 0 Å². The number of hydrogen-bond donors (Lipinski definition) is 2. The molecule has 2 fully saturated rings. The van der Waals surface area contributed by atoms with Crippen molar-refractivity contribution >= 4 is 12.0 Å². The molecule has 0 spiro atoms. The van der Waals surface area contributed by atoms with Gasteiger partial charge in [0.25, 0.3) is 0 Å². The lowest BCUT2D eigenvalue weighted by Gasteiger charge is -2.38. The zero-order valence-electron chi connectivity index (χ0n) is 11.7. The highest BCUT2D eigenvalue weighted by Crippen LogP contribution is 2.27. The fraction of sp³-hybridized carbons (Fsp3) is 0.846. The molecule has 114 valence electrons. The van der Waals surface area contributed by atoms with E-state index in [1.54, 1.807) is 16.8 Å². The molecule has 2 amide bonds. The molecule has 1 atom stereocenters. The largest absolute Gasteiger partial charge is 0.481 e. The van der Waals surface area contributed by atoms with E-state index in [2.05, 4.69) is 0 Å². The Morgan fingerprint density at radius 2 is 2.10 bits per heavy atom. The summed E-state index contributed by atoms with van der Waals surface area (Å²) in [4.78, 5) is 26.3. The Morgan fingerprint density at radius 3 is 2.70 bits per heavy atom. The van der Waals surface area contributed by atoms with Gasteiger partial charge in [-0.25, -0.2) is 4.79 Å². The Morgan fingerprint density at radius 1 is 1.40 bits per heavy atom. The van der Waals surface area contributed by atoms with Gasteiger partial charge in [0.05, 0.1) is 25.2 Å². The average molecular weight is 286 g/mol. The summed E-state index contributed by atoms with van der Waals surface area (Å²) in [5.74, 6) is -0.545. The van der Waals surface area contributed by atoms with E-state index >= 15 is 0 Å². The first kappa shape index (κ1) is 15.1. The molecule has 0 aromatic carbocycles. The maximum absolute atomic E-state index is 12.3. The molecule has 0 bridgehead atoms. The van der Waals surface area contributed by atoms with E-state index in [4.69, 9.17) is 9.84 Å². The van der Waals surface area contributed by atoms with Crippen LogP contribution in [0.15, 0.2) is 0 Å². The summed E-state index contributed by atoms with van der Waals surface area (Å²) in [6.45, 7) is 1.83. The molecule has 7 nitrogen and oxygen atoms in total. The van der Waals surface area contributed by atoms with Gasteiger partial charge in [0.2, 0.25) is 0 Å². The molecular formula is C13H22N2O5. The second-order valence-corrected chi connectivity index (χ2v) is 5.69. The molecule has 7 heteroatoms. The standard InChI is InChI=1S/C13H22N2O5/c1-14(7-9-4-10(16)5-9)13(19)15-2-3-20-11(8-15)6-12(17)18/h9-11,16H,2-8H2,1H3,(H,17,18). The van der Waals surface area contributed by atoms with Crippen LogP contribution in [0.25, 0.3) is 0 Å². The Labute approximate surface area is 118 Å². The van der Waals surface area contributed by atoms with E-state index in [1.807, 2.05) is 0 Å². The van der Waals surface area contributed by atoms with E-state index in [9.17, 15) is 14.7 Å². The molecule has 1 saturated carbocycles. The SMILES string of the molecule is CN(CC1CC(O)C1)C(=O)N1CCOC(CC(=O)O)C1. The van der Waals surface area contributed by atoms with Crippen molar-refractivity contribution in [2.24, 2.45) is 5.92 Å². The lowest BCUT2D eigenvalue weighted by molar-refractivity contribution is -0.141. The number of carbonyl (C=O) groups is 2. The predicted octanol–water partition coefficient (Wildman–Crippen LogP) is -0.0154. The summed E-state index contributed by atoms with van der Waals surface area (Å²) >= 11 is 0. The highest BCUT2D eigenvalue weighted by atomic mass is 16.5. The molecule has 2 N–H and O–H groups in total. The monoisotopic (exact) mass is 286 g/mol. The minimum absolute atomic E-state index is 0.0810. The number of ether oxygens (including phenoxy) is 1. The number of carboxylic acids is 1. The normalized spacial score (nSPS) is 29.7. The summed E-state index contributed by atoms with van der Waals surface area (Å²) in [6, 6.07) is -0.0925. The number of aliphatic hydroxyl groups is 1. The molecule has 0 aromatic heterocycles. The average Bonchev–Trinajstić information content (AvgIpc) is 2.35. The van der Waals surface area contributed by atoms with Gasteiger partial charge in [-0.3, -0.25) is 4.79 Å². The number of morpholine rings is 1. The zero-order chi connectivity index (χ0) is 14.7. The number of carboxylic acid groups (broad SMARTS) is 1. The van der Waals surface area contributed by atoms with E-state index < -0.39 is 12.1 Å². The van der Waals surface area contributed by atoms with Crippen molar-refractivity contribution < 1.29 is 24.5 Å². The van der Waals surface area contributed by atoms with Crippen LogP contribution in [0.5, 0.6) is 0 Å². The number of urea groups is 1. The van der Waals surface area contributed by atoms with Crippen molar-refractivity contribution in [3.63, 3.8) is 0 Å². The second kappa shape index (κ2) is 6.41. The quantitative estimate of drug-likeness (QED) is 0.758. The Hall–Kier alpha value is -1.34. The number of nitrogens with zero attached hydrogens (tertiary/aromatic N) is 2. The minimum atomic E-state index is -0.916. The van der Waals surface area contributed by atoms with Crippen molar-refractivity contribution in [3.8, 4) is 0 Å². The van der Waals surface area contributed by atoms with Gasteiger partial charge in [0.1, 0.15) is 0 Å². The van der Waals surface area contributed by atoms with Gasteiger partial charge >= 0.3 is 12.0 Å². The van der Waals surface area contributed by atoms with Crippen molar-refractivity contribution in [2.75, 3.05) is 33.3 Å². The fourth-order valence-electron chi connectivity index (χ4n) is 2.77. The molecule has 1 aliphatic carbocycles. The van der Waals surface area contributed by atoms with Crippen molar-refractivity contribution in [1.82, 2.24) is 9.80 Å². The van der Waals surface area contributed by atoms with E-state index in [-0.39, 0.29) is 18.6 Å². The van der Waals surface area contributed by atoms with Crippen LogP contribution in [0, 0.1) is 5.92 Å². The van der Waals surface area contributed by atoms with Crippen LogP contribution in [-0.4, -0.2) is 77.5 Å². The first-order valence-electron chi connectivity index (χ1n) is 6.97. The summed E-state index contributed by atoms with van der Waals surface area (Å²) < 4.78 is 5.35. The van der Waals surface area contributed by atoms with Crippen molar-refractivity contribution in [3.05, 3.63) is 0 Å². The van der Waals surface area contributed by atoms with Crippen LogP contribution in [0.3, 0.4) is 0 Å². The Bertz CT molecular complexity index is 370. The highest BCUT2D eigenvalue weighted by molar-refractivity contribution is 5.74. The number of rotatable bonds is 4. The lowest BCUT2D eigenvalue weighted by Crippen LogP contribution is -2.52. The van der Waals surface area contributed by atoms with Crippen molar-refractivity contribution in [2.45, 2.75) is 31.5 Å². The molecule has 0 radical (unpaired) electrons. The summed E-state index contributed by atoms with van der Waals surface area (Å²) in [5, 5.41) is 18.0. The van der Waals surface area contributed by atoms with Crippen LogP contribution >= 0.6 is 0 Å². The first-order chi connectivity index (χ1) is 9.45. The van der Waals surface area contributed by atoms with Crippen LogP contribution in [0.1, 0.15) is 19.3 Å². The number of carbonyl (C=O) groups excluding carboxylic acids is 1. The third-order valence-electron chi connectivity index (χ3n) is 3.88. The Balaban J connectivity index is 1.79. The van der Waals surface area contributed by atoms with E-state index in [1.165, 1.54) is 0 Å². The van der Waals surface area contributed by atoms with Crippen LogP contribution in [0.2, 0.25) is 0 Å². The molecule has 0 aromatic rings. The number of hydrogen-bond acceptors (Lipinski definition) is 4. The van der Waals surface area contributed by atoms with Gasteiger partial charge < -0.3 is 24.7 Å². The summed E-state index contributed by atoms with van der Waals surface area (Å²) in [6.07, 6.45) is 0.781. The highest BCUT2D eigenvalue weighted by Gasteiger charge is 2.32. The summed E-state index contributed by atoms with van der Waals surface area (Å²) in [5.41, 5.74) is 0. The van der Waals surface area contributed by atoms with Gasteiger partial charge in [-0.2, -0.15) is 0 Å². The topological polar surface area (TPSA) is 90.3 Å². The lowest BCUT2D eigenvalue weighted by atomic mass is 9.82. The maximum atomic E-state index is 12.3. The Kier molecular flexibility index (Phi) is 4.82. The fourth-order valence-corrected chi connectivity index (χ4v) is 2.77. The number of amides is 2. The molecule has 1 saturated heterocycles. The smallest absolute Gasteiger partial charge is 0.319 e. The molecule has 1 aliphatic heterocycles. The predicted molar refractivity (Wildman–Crippen MR) is 70.3 cm³/mol. The zero-order valence-corrected chi connectivity index (χ0v) is 11.7. The van der Waals surface area contributed by atoms with Gasteiger partial charge in [0.15, 0.2) is 0 Å². The molecule has 1 unspecified atom stereocenters. The van der Waals surface area contributed by atoms with Crippen molar-refractivity contribution in [1.29, 1.82) is 0 Å². The van der Waals surface area contributed by atoms with E-state index in [0.717, 1.165) is 12.8 Å². The first-order valence-corrected chi connectivity index (χ1v) is 6.97. The van der Waals surface area contributed by atoms with Crippen LogP contribution in [-0.2, 0) is 9.53 Å². The van der Waals surface area contributed by atoms with Gasteiger partial charge in [-0.1, -0.05) is 0 Å². The molecule has 2 rings (SSSR count). The second-order valence-electron chi connectivity index (χ2n) is 5.69. The third kappa shape index (κ3) is 3.83. The maximum Gasteiger partial charge on any atom is 0.319 e. The van der Waals surface area contributed by atoms with Crippen LogP contribution in [0.4, 0.5) is 4.79 Å². The third-order valence-corrected chi connectivity index (χ3v) is 3.88. The molecule has 20 heavy (non-hydrogen) atoms.